The van der Waals surface area contributed by atoms with Crippen LogP contribution < -0.4 is 4.74 Å². The van der Waals surface area contributed by atoms with E-state index in [0.29, 0.717) is 31.0 Å². The van der Waals surface area contributed by atoms with Gasteiger partial charge in [0.1, 0.15) is 11.6 Å². The van der Waals surface area contributed by atoms with E-state index in [9.17, 15) is 4.39 Å². The smallest absolute Gasteiger partial charge is 0.127 e. The summed E-state index contributed by atoms with van der Waals surface area (Å²) >= 11 is 0. The standard InChI is InChI=1S/C18H23FN2O2/c1-22-11-5-10-21(14-16-6-3-4-9-20-16)13-15-12-17(23-2)7-8-18(15)19/h3-4,6-9,12H,5,10-11,13-14H2,1-2H3. The van der Waals surface area contributed by atoms with Crippen molar-refractivity contribution >= 4 is 0 Å². The molecular weight excluding hydrogens is 295 g/mol. The molecule has 5 heteroatoms. The number of aromatic nitrogens is 1. The summed E-state index contributed by atoms with van der Waals surface area (Å²) in [7, 11) is 3.27. The molecule has 1 aromatic heterocycles. The van der Waals surface area contributed by atoms with Crippen LogP contribution in [0.25, 0.3) is 0 Å². The number of hydrogen-bond acceptors (Lipinski definition) is 4. The number of methoxy groups -OCH3 is 2. The van der Waals surface area contributed by atoms with Gasteiger partial charge in [0.2, 0.25) is 0 Å². The number of hydrogen-bond donors (Lipinski definition) is 0. The van der Waals surface area contributed by atoms with E-state index in [1.807, 2.05) is 18.2 Å². The molecule has 0 saturated heterocycles. The Balaban J connectivity index is 2.10. The predicted octanol–water partition coefficient (Wildman–Crippen LogP) is 3.27. The Kier molecular flexibility index (Phi) is 6.97. The Bertz CT molecular complexity index is 593. The normalized spacial score (nSPS) is 11.0. The van der Waals surface area contributed by atoms with Crippen LogP contribution in [0.15, 0.2) is 42.6 Å². The first-order valence-electron chi connectivity index (χ1n) is 7.66. The lowest BCUT2D eigenvalue weighted by Crippen LogP contribution is -2.25. The maximum Gasteiger partial charge on any atom is 0.127 e. The Hall–Kier alpha value is -1.98. The SMILES string of the molecule is COCCCN(Cc1ccccn1)Cc1cc(OC)ccc1F. The molecule has 0 aliphatic carbocycles. The summed E-state index contributed by atoms with van der Waals surface area (Å²) in [5.74, 6) is 0.444. The number of nitrogens with zero attached hydrogens (tertiary/aromatic N) is 2. The van der Waals surface area contributed by atoms with Gasteiger partial charge < -0.3 is 9.47 Å². The summed E-state index contributed by atoms with van der Waals surface area (Å²) in [6, 6.07) is 10.7. The number of halogens is 1. The van der Waals surface area contributed by atoms with Gasteiger partial charge in [0, 0.05) is 45.1 Å². The van der Waals surface area contributed by atoms with E-state index in [1.54, 1.807) is 32.5 Å². The van der Waals surface area contributed by atoms with E-state index in [2.05, 4.69) is 9.88 Å². The molecule has 0 amide bonds. The highest BCUT2D eigenvalue weighted by atomic mass is 19.1. The molecule has 0 aliphatic heterocycles. The van der Waals surface area contributed by atoms with E-state index >= 15 is 0 Å². The Morgan fingerprint density at radius 1 is 1.13 bits per heavy atom. The molecule has 23 heavy (non-hydrogen) atoms. The summed E-state index contributed by atoms with van der Waals surface area (Å²) in [6.45, 7) is 2.66. The van der Waals surface area contributed by atoms with Crippen molar-refractivity contribution in [1.82, 2.24) is 9.88 Å². The van der Waals surface area contributed by atoms with E-state index in [4.69, 9.17) is 9.47 Å². The Morgan fingerprint density at radius 3 is 2.70 bits per heavy atom. The van der Waals surface area contributed by atoms with Crippen LogP contribution in [-0.2, 0) is 17.8 Å². The van der Waals surface area contributed by atoms with Gasteiger partial charge in [-0.05, 0) is 36.8 Å². The van der Waals surface area contributed by atoms with E-state index in [-0.39, 0.29) is 5.82 Å². The highest BCUT2D eigenvalue weighted by Crippen LogP contribution is 2.19. The van der Waals surface area contributed by atoms with Crippen LogP contribution in [0, 0.1) is 5.82 Å². The molecule has 1 heterocycles. The molecule has 0 radical (unpaired) electrons. The van der Waals surface area contributed by atoms with Crippen molar-refractivity contribution in [2.75, 3.05) is 27.4 Å². The maximum absolute atomic E-state index is 14.1. The highest BCUT2D eigenvalue weighted by Gasteiger charge is 2.12. The number of benzene rings is 1. The lowest BCUT2D eigenvalue weighted by Gasteiger charge is -2.22. The third-order valence-electron chi connectivity index (χ3n) is 3.58. The molecule has 124 valence electrons. The van der Waals surface area contributed by atoms with Crippen molar-refractivity contribution in [3.63, 3.8) is 0 Å². The molecule has 2 rings (SSSR count). The molecule has 0 N–H and O–H groups in total. The van der Waals surface area contributed by atoms with Crippen LogP contribution in [-0.4, -0.2) is 37.3 Å². The minimum Gasteiger partial charge on any atom is -0.497 e. The van der Waals surface area contributed by atoms with Crippen molar-refractivity contribution < 1.29 is 13.9 Å². The van der Waals surface area contributed by atoms with Gasteiger partial charge in [-0.3, -0.25) is 9.88 Å². The first-order valence-corrected chi connectivity index (χ1v) is 7.66. The van der Waals surface area contributed by atoms with Crippen LogP contribution in [0.1, 0.15) is 17.7 Å². The average Bonchev–Trinajstić information content (AvgIpc) is 2.58. The molecule has 4 nitrogen and oxygen atoms in total. The van der Waals surface area contributed by atoms with Gasteiger partial charge in [-0.1, -0.05) is 6.07 Å². The minimum absolute atomic E-state index is 0.219. The zero-order chi connectivity index (χ0) is 16.5. The molecule has 1 aromatic carbocycles. The number of ether oxygens (including phenoxy) is 2. The summed E-state index contributed by atoms with van der Waals surface area (Å²) < 4.78 is 24.4. The van der Waals surface area contributed by atoms with E-state index in [1.165, 1.54) is 6.07 Å². The van der Waals surface area contributed by atoms with Crippen LogP contribution in [0.2, 0.25) is 0 Å². The molecule has 0 aliphatic rings. The summed E-state index contributed by atoms with van der Waals surface area (Å²) in [5, 5.41) is 0. The second kappa shape index (κ2) is 9.22. The molecule has 0 saturated carbocycles. The third-order valence-corrected chi connectivity index (χ3v) is 3.58. The Labute approximate surface area is 136 Å². The van der Waals surface area contributed by atoms with Gasteiger partial charge in [-0.2, -0.15) is 0 Å². The fraction of sp³-hybridized carbons (Fsp3) is 0.389. The molecule has 0 fully saturated rings. The number of rotatable bonds is 9. The van der Waals surface area contributed by atoms with Crippen LogP contribution in [0.4, 0.5) is 4.39 Å². The van der Waals surface area contributed by atoms with Gasteiger partial charge in [0.05, 0.1) is 12.8 Å². The highest BCUT2D eigenvalue weighted by molar-refractivity contribution is 5.29. The summed E-state index contributed by atoms with van der Waals surface area (Å²) in [5.41, 5.74) is 1.59. The summed E-state index contributed by atoms with van der Waals surface area (Å²) in [4.78, 5) is 6.52. The quantitative estimate of drug-likeness (QED) is 0.665. The van der Waals surface area contributed by atoms with Crippen molar-refractivity contribution in [3.8, 4) is 5.75 Å². The maximum atomic E-state index is 14.1. The monoisotopic (exact) mass is 318 g/mol. The van der Waals surface area contributed by atoms with Crippen LogP contribution in [0.3, 0.4) is 0 Å². The topological polar surface area (TPSA) is 34.6 Å². The van der Waals surface area contributed by atoms with Crippen molar-refractivity contribution in [2.45, 2.75) is 19.5 Å². The lowest BCUT2D eigenvalue weighted by molar-refractivity contribution is 0.165. The largest absolute Gasteiger partial charge is 0.497 e. The van der Waals surface area contributed by atoms with Crippen molar-refractivity contribution in [2.24, 2.45) is 0 Å². The molecule has 2 aromatic rings. The molecule has 0 atom stereocenters. The van der Waals surface area contributed by atoms with Crippen LogP contribution >= 0.6 is 0 Å². The molecule has 0 spiro atoms. The van der Waals surface area contributed by atoms with Gasteiger partial charge >= 0.3 is 0 Å². The fourth-order valence-electron chi connectivity index (χ4n) is 2.41. The van der Waals surface area contributed by atoms with Gasteiger partial charge in [0.15, 0.2) is 0 Å². The zero-order valence-electron chi connectivity index (χ0n) is 13.7. The predicted molar refractivity (Wildman–Crippen MR) is 87.8 cm³/mol. The Morgan fingerprint density at radius 2 is 2.00 bits per heavy atom. The van der Waals surface area contributed by atoms with Gasteiger partial charge in [0.25, 0.3) is 0 Å². The van der Waals surface area contributed by atoms with Gasteiger partial charge in [-0.25, -0.2) is 4.39 Å². The van der Waals surface area contributed by atoms with Crippen molar-refractivity contribution in [1.29, 1.82) is 0 Å². The first-order chi connectivity index (χ1) is 11.2. The third kappa shape index (κ3) is 5.62. The average molecular weight is 318 g/mol. The van der Waals surface area contributed by atoms with E-state index < -0.39 is 0 Å². The number of pyridine rings is 1. The molecule has 0 bridgehead atoms. The van der Waals surface area contributed by atoms with Gasteiger partial charge in [-0.15, -0.1) is 0 Å². The molecule has 0 unspecified atom stereocenters. The van der Waals surface area contributed by atoms with E-state index in [0.717, 1.165) is 18.7 Å². The minimum atomic E-state index is -0.219. The molecular formula is C18H23FN2O2. The second-order valence-corrected chi connectivity index (χ2v) is 5.34. The summed E-state index contributed by atoms with van der Waals surface area (Å²) in [6.07, 6.45) is 2.66. The second-order valence-electron chi connectivity index (χ2n) is 5.34. The first kappa shape index (κ1) is 17.4. The zero-order valence-corrected chi connectivity index (χ0v) is 13.7. The lowest BCUT2D eigenvalue weighted by atomic mass is 10.1. The fourth-order valence-corrected chi connectivity index (χ4v) is 2.41. The van der Waals surface area contributed by atoms with Crippen LogP contribution in [0.5, 0.6) is 5.75 Å². The van der Waals surface area contributed by atoms with Crippen molar-refractivity contribution in [3.05, 3.63) is 59.7 Å².